The van der Waals surface area contributed by atoms with Gasteiger partial charge in [0.1, 0.15) is 5.69 Å². The van der Waals surface area contributed by atoms with Gasteiger partial charge in [0.2, 0.25) is 5.91 Å². The molecular formula is C15H14BrN3O3. The molecule has 6 nitrogen and oxygen atoms in total. The largest absolute Gasteiger partial charge is 0.375 e. The van der Waals surface area contributed by atoms with Gasteiger partial charge in [-0.05, 0) is 46.6 Å². The van der Waals surface area contributed by atoms with E-state index in [9.17, 15) is 14.9 Å². The van der Waals surface area contributed by atoms with Crippen molar-refractivity contribution in [2.45, 2.75) is 6.92 Å². The van der Waals surface area contributed by atoms with Gasteiger partial charge in [-0.25, -0.2) is 0 Å². The van der Waals surface area contributed by atoms with Crippen LogP contribution in [0.25, 0.3) is 0 Å². The highest BCUT2D eigenvalue weighted by Crippen LogP contribution is 2.25. The van der Waals surface area contributed by atoms with E-state index >= 15 is 0 Å². The highest BCUT2D eigenvalue weighted by atomic mass is 79.9. The molecule has 0 aliphatic carbocycles. The Morgan fingerprint density at radius 2 is 1.95 bits per heavy atom. The summed E-state index contributed by atoms with van der Waals surface area (Å²) in [7, 11) is 0. The number of hydrogen-bond acceptors (Lipinski definition) is 4. The third-order valence-electron chi connectivity index (χ3n) is 2.94. The predicted octanol–water partition coefficient (Wildman–Crippen LogP) is 3.72. The third kappa shape index (κ3) is 4.05. The average Bonchev–Trinajstić information content (AvgIpc) is 2.48. The highest BCUT2D eigenvalue weighted by Gasteiger charge is 2.15. The molecule has 0 heterocycles. The lowest BCUT2D eigenvalue weighted by molar-refractivity contribution is -0.384. The first-order valence-corrected chi connectivity index (χ1v) is 7.30. The summed E-state index contributed by atoms with van der Waals surface area (Å²) in [6, 6.07) is 12.1. The van der Waals surface area contributed by atoms with Gasteiger partial charge in [-0.15, -0.1) is 0 Å². The summed E-state index contributed by atoms with van der Waals surface area (Å²) < 4.78 is 0.837. The van der Waals surface area contributed by atoms with Crippen LogP contribution in [0.5, 0.6) is 0 Å². The molecule has 0 saturated carbocycles. The van der Waals surface area contributed by atoms with Gasteiger partial charge in [-0.1, -0.05) is 18.2 Å². The van der Waals surface area contributed by atoms with Gasteiger partial charge in [0.05, 0.1) is 11.5 Å². The van der Waals surface area contributed by atoms with Crippen LogP contribution >= 0.6 is 15.9 Å². The molecule has 0 aliphatic heterocycles. The molecule has 22 heavy (non-hydrogen) atoms. The van der Waals surface area contributed by atoms with E-state index in [-0.39, 0.29) is 23.8 Å². The highest BCUT2D eigenvalue weighted by molar-refractivity contribution is 9.10. The molecule has 0 atom stereocenters. The molecule has 7 heteroatoms. The number of nitrogens with one attached hydrogen (secondary N) is 2. The molecule has 2 N–H and O–H groups in total. The lowest BCUT2D eigenvalue weighted by atomic mass is 10.2. The number of halogens is 1. The van der Waals surface area contributed by atoms with Crippen LogP contribution in [0.15, 0.2) is 46.9 Å². The molecule has 2 aromatic rings. The van der Waals surface area contributed by atoms with Crippen molar-refractivity contribution in [2.24, 2.45) is 0 Å². The molecule has 0 fully saturated rings. The summed E-state index contributed by atoms with van der Waals surface area (Å²) in [6.07, 6.45) is 0. The first-order valence-electron chi connectivity index (χ1n) is 6.50. The minimum absolute atomic E-state index is 0.00758. The first-order chi connectivity index (χ1) is 10.5. The van der Waals surface area contributed by atoms with Gasteiger partial charge >= 0.3 is 0 Å². The maximum absolute atomic E-state index is 11.9. The van der Waals surface area contributed by atoms with Crippen molar-refractivity contribution >= 4 is 38.9 Å². The van der Waals surface area contributed by atoms with Crippen LogP contribution in [-0.2, 0) is 4.79 Å². The average molecular weight is 364 g/mol. The van der Waals surface area contributed by atoms with E-state index in [1.807, 2.05) is 24.3 Å². The Labute approximate surface area is 135 Å². The van der Waals surface area contributed by atoms with Gasteiger partial charge in [-0.3, -0.25) is 14.9 Å². The number of hydrogen-bond donors (Lipinski definition) is 2. The molecule has 0 aliphatic rings. The van der Waals surface area contributed by atoms with Crippen molar-refractivity contribution < 1.29 is 9.72 Å². The summed E-state index contributed by atoms with van der Waals surface area (Å²) >= 11 is 3.37. The molecule has 0 bridgehead atoms. The summed E-state index contributed by atoms with van der Waals surface area (Å²) in [6.45, 7) is 1.76. The molecule has 2 aromatic carbocycles. The normalized spacial score (nSPS) is 10.1. The number of nitrogens with zero attached hydrogens (tertiary/aromatic N) is 1. The number of carbonyl (C=O) groups is 1. The van der Waals surface area contributed by atoms with Gasteiger partial charge in [0.25, 0.3) is 5.69 Å². The van der Waals surface area contributed by atoms with Crippen molar-refractivity contribution in [3.8, 4) is 0 Å². The molecule has 114 valence electrons. The van der Waals surface area contributed by atoms with Crippen molar-refractivity contribution in [2.75, 3.05) is 17.2 Å². The summed E-state index contributed by atoms with van der Waals surface area (Å²) in [5, 5.41) is 16.5. The topological polar surface area (TPSA) is 84.3 Å². The predicted molar refractivity (Wildman–Crippen MR) is 89.1 cm³/mol. The Bertz CT molecular complexity index is 719. The van der Waals surface area contributed by atoms with E-state index in [0.717, 1.165) is 15.7 Å². The minimum Gasteiger partial charge on any atom is -0.375 e. The third-order valence-corrected chi connectivity index (χ3v) is 3.63. The van der Waals surface area contributed by atoms with Crippen LogP contribution < -0.4 is 10.6 Å². The molecule has 0 aromatic heterocycles. The number of amides is 1. The molecule has 2 rings (SSSR count). The lowest BCUT2D eigenvalue weighted by Crippen LogP contribution is -2.22. The molecule has 0 spiro atoms. The Balaban J connectivity index is 2.04. The summed E-state index contributed by atoms with van der Waals surface area (Å²) in [4.78, 5) is 22.4. The van der Waals surface area contributed by atoms with Gasteiger partial charge < -0.3 is 10.6 Å². The second-order valence-electron chi connectivity index (χ2n) is 4.66. The van der Waals surface area contributed by atoms with Gasteiger partial charge in [0.15, 0.2) is 0 Å². The van der Waals surface area contributed by atoms with Crippen molar-refractivity contribution in [3.05, 3.63) is 62.6 Å². The van der Waals surface area contributed by atoms with E-state index in [0.29, 0.717) is 0 Å². The molecule has 0 saturated heterocycles. The maximum Gasteiger partial charge on any atom is 0.293 e. The lowest BCUT2D eigenvalue weighted by Gasteiger charge is -2.09. The summed E-state index contributed by atoms with van der Waals surface area (Å²) in [5.41, 5.74) is 1.61. The van der Waals surface area contributed by atoms with E-state index in [2.05, 4.69) is 26.6 Å². The molecule has 0 unspecified atom stereocenters. The maximum atomic E-state index is 11.9. The van der Waals surface area contributed by atoms with E-state index in [4.69, 9.17) is 0 Å². The van der Waals surface area contributed by atoms with E-state index in [1.54, 1.807) is 13.0 Å². The monoisotopic (exact) mass is 363 g/mol. The van der Waals surface area contributed by atoms with Gasteiger partial charge in [-0.2, -0.15) is 0 Å². The SMILES string of the molecule is Cc1ccc(NC(=O)CNc2ccccc2Br)c([N+](=O)[O-])c1. The number of nitro benzene ring substituents is 1. The number of anilines is 2. The number of carbonyl (C=O) groups excluding carboxylic acids is 1. The second-order valence-corrected chi connectivity index (χ2v) is 5.51. The standard InChI is InChI=1S/C15H14BrN3O3/c1-10-6-7-13(14(8-10)19(21)22)18-15(20)9-17-12-5-3-2-4-11(12)16/h2-8,17H,9H2,1H3,(H,18,20). The Morgan fingerprint density at radius 1 is 1.23 bits per heavy atom. The number of nitro groups is 1. The van der Waals surface area contributed by atoms with Crippen molar-refractivity contribution in [1.29, 1.82) is 0 Å². The number of benzene rings is 2. The Hall–Kier alpha value is -2.41. The first kappa shape index (κ1) is 16.0. The van der Waals surface area contributed by atoms with Crippen LogP contribution in [0.2, 0.25) is 0 Å². The van der Waals surface area contributed by atoms with Crippen LogP contribution in [-0.4, -0.2) is 17.4 Å². The van der Waals surface area contributed by atoms with Crippen LogP contribution in [0.1, 0.15) is 5.56 Å². The fourth-order valence-electron chi connectivity index (χ4n) is 1.87. The zero-order chi connectivity index (χ0) is 16.1. The van der Waals surface area contributed by atoms with Crippen LogP contribution in [0.3, 0.4) is 0 Å². The van der Waals surface area contributed by atoms with Crippen molar-refractivity contribution in [3.63, 3.8) is 0 Å². The quantitative estimate of drug-likeness (QED) is 0.626. The zero-order valence-electron chi connectivity index (χ0n) is 11.8. The molecule has 0 radical (unpaired) electrons. The van der Waals surface area contributed by atoms with Crippen molar-refractivity contribution in [1.82, 2.24) is 0 Å². The molecule has 1 amide bonds. The number of para-hydroxylation sites is 1. The fourth-order valence-corrected chi connectivity index (χ4v) is 2.30. The number of aryl methyl sites for hydroxylation is 1. The van der Waals surface area contributed by atoms with E-state index < -0.39 is 4.92 Å². The minimum atomic E-state index is -0.510. The molecular weight excluding hydrogens is 350 g/mol. The zero-order valence-corrected chi connectivity index (χ0v) is 13.4. The summed E-state index contributed by atoms with van der Waals surface area (Å²) in [5.74, 6) is -0.359. The second kappa shape index (κ2) is 7.04. The number of rotatable bonds is 5. The van der Waals surface area contributed by atoms with Crippen LogP contribution in [0, 0.1) is 17.0 Å². The smallest absolute Gasteiger partial charge is 0.293 e. The Kier molecular flexibility index (Phi) is 5.11. The van der Waals surface area contributed by atoms with E-state index in [1.165, 1.54) is 12.1 Å². The van der Waals surface area contributed by atoms with Crippen LogP contribution in [0.4, 0.5) is 17.1 Å². The van der Waals surface area contributed by atoms with Gasteiger partial charge in [0, 0.05) is 16.2 Å². The Morgan fingerprint density at radius 3 is 2.64 bits per heavy atom. The fraction of sp³-hybridized carbons (Fsp3) is 0.133.